The molecule has 0 saturated heterocycles. The molecule has 0 spiro atoms. The van der Waals surface area contributed by atoms with E-state index in [0.29, 0.717) is 0 Å². The van der Waals surface area contributed by atoms with Gasteiger partial charge in [0, 0.05) is 6.54 Å². The molecular formula is C4H6F3NO2. The molecule has 6 heteroatoms. The molecular weight excluding hydrogens is 151 g/mol. The third-order valence-electron chi connectivity index (χ3n) is 0.840. The van der Waals surface area contributed by atoms with Gasteiger partial charge in [-0.3, -0.25) is 0 Å². The van der Waals surface area contributed by atoms with E-state index < -0.39 is 23.7 Å². The highest BCUT2D eigenvalue weighted by atomic mass is 19.3. The van der Waals surface area contributed by atoms with Crippen LogP contribution in [0.25, 0.3) is 0 Å². The van der Waals surface area contributed by atoms with E-state index in [1.54, 1.807) is 0 Å². The summed E-state index contributed by atoms with van der Waals surface area (Å²) in [6.07, 6.45) is 0. The number of nitrogens with zero attached hydrogens (tertiary/aromatic N) is 1. The Balaban J connectivity index is 4.23. The maximum absolute atomic E-state index is 11.9. The molecule has 0 fully saturated rings. The Labute approximate surface area is 55.0 Å². The minimum atomic E-state index is -4.41. The third kappa shape index (κ3) is 1.60. The van der Waals surface area contributed by atoms with Crippen molar-refractivity contribution in [1.82, 2.24) is 5.12 Å². The lowest BCUT2D eigenvalue weighted by Crippen LogP contribution is -2.42. The topological polar surface area (TPSA) is 40.5 Å². The summed E-state index contributed by atoms with van der Waals surface area (Å²) in [6, 6.07) is -4.41. The number of hydrogen-bond donors (Lipinski definition) is 1. The van der Waals surface area contributed by atoms with Gasteiger partial charge in [0.15, 0.2) is 0 Å². The van der Waals surface area contributed by atoms with Gasteiger partial charge in [-0.1, -0.05) is 5.12 Å². The summed E-state index contributed by atoms with van der Waals surface area (Å²) in [4.78, 5) is 9.59. The molecule has 60 valence electrons. The molecule has 0 radical (unpaired) electrons. The second kappa shape index (κ2) is 2.87. The SMILES string of the molecule is CCN(F)C(F)(F)C(=O)O. The summed E-state index contributed by atoms with van der Waals surface area (Å²) >= 11 is 0. The van der Waals surface area contributed by atoms with E-state index in [0.717, 1.165) is 6.92 Å². The Hall–Kier alpha value is -0.780. The molecule has 0 aliphatic rings. The van der Waals surface area contributed by atoms with Crippen LogP contribution in [0, 0.1) is 0 Å². The zero-order valence-electron chi connectivity index (χ0n) is 5.14. The van der Waals surface area contributed by atoms with Gasteiger partial charge in [0.25, 0.3) is 0 Å². The lowest BCUT2D eigenvalue weighted by molar-refractivity contribution is -0.240. The number of hydrogen-bond acceptors (Lipinski definition) is 2. The lowest BCUT2D eigenvalue weighted by atomic mass is 10.5. The standard InChI is InChI=1S/C4H6F3NO2/c1-2-8(7)4(5,6)3(9)10/h2H2,1H3,(H,9,10). The highest BCUT2D eigenvalue weighted by Crippen LogP contribution is 2.19. The van der Waals surface area contributed by atoms with Crippen molar-refractivity contribution in [2.45, 2.75) is 13.0 Å². The highest BCUT2D eigenvalue weighted by Gasteiger charge is 2.46. The van der Waals surface area contributed by atoms with E-state index in [4.69, 9.17) is 5.11 Å². The minimum Gasteiger partial charge on any atom is -0.476 e. The van der Waals surface area contributed by atoms with Gasteiger partial charge in [0.05, 0.1) is 0 Å². The van der Waals surface area contributed by atoms with Crippen LogP contribution in [0.4, 0.5) is 13.3 Å². The van der Waals surface area contributed by atoms with Crippen LogP contribution in [0.15, 0.2) is 0 Å². The summed E-state index contributed by atoms with van der Waals surface area (Å²) in [6.45, 7) is 0.413. The van der Waals surface area contributed by atoms with E-state index in [2.05, 4.69) is 0 Å². The van der Waals surface area contributed by atoms with Crippen LogP contribution >= 0.6 is 0 Å². The highest BCUT2D eigenvalue weighted by molar-refractivity contribution is 5.74. The fraction of sp³-hybridized carbons (Fsp3) is 0.750. The number of halogens is 3. The molecule has 0 unspecified atom stereocenters. The second-order valence-electron chi connectivity index (χ2n) is 1.52. The fourth-order valence-corrected chi connectivity index (χ4v) is 0.302. The van der Waals surface area contributed by atoms with Crippen molar-refractivity contribution in [2.24, 2.45) is 0 Å². The summed E-state index contributed by atoms with van der Waals surface area (Å²) < 4.78 is 35.6. The van der Waals surface area contributed by atoms with Gasteiger partial charge in [0.1, 0.15) is 0 Å². The van der Waals surface area contributed by atoms with E-state index in [1.165, 1.54) is 0 Å². The van der Waals surface area contributed by atoms with Crippen molar-refractivity contribution in [3.05, 3.63) is 0 Å². The van der Waals surface area contributed by atoms with Crippen LogP contribution in [-0.4, -0.2) is 28.8 Å². The van der Waals surface area contributed by atoms with Crippen LogP contribution in [0.3, 0.4) is 0 Å². The van der Waals surface area contributed by atoms with Crippen molar-refractivity contribution < 1.29 is 23.2 Å². The van der Waals surface area contributed by atoms with Gasteiger partial charge in [-0.05, 0) is 6.92 Å². The molecule has 0 heterocycles. The largest absolute Gasteiger partial charge is 0.476 e. The van der Waals surface area contributed by atoms with Crippen LogP contribution in [0.1, 0.15) is 6.92 Å². The lowest BCUT2D eigenvalue weighted by Gasteiger charge is -2.16. The summed E-state index contributed by atoms with van der Waals surface area (Å²) in [7, 11) is 0. The first-order chi connectivity index (χ1) is 4.42. The fourth-order valence-electron chi connectivity index (χ4n) is 0.302. The Morgan fingerprint density at radius 2 is 2.10 bits per heavy atom. The molecule has 0 atom stereocenters. The molecule has 0 aromatic heterocycles. The molecule has 0 bridgehead atoms. The molecule has 0 rings (SSSR count). The maximum atomic E-state index is 11.9. The summed E-state index contributed by atoms with van der Waals surface area (Å²) in [5, 5.41) is 6.66. The molecule has 0 aromatic carbocycles. The third-order valence-corrected chi connectivity index (χ3v) is 0.840. The van der Waals surface area contributed by atoms with Gasteiger partial charge in [-0.25, -0.2) is 4.79 Å². The number of aliphatic carboxylic acids is 1. The molecule has 3 nitrogen and oxygen atoms in total. The van der Waals surface area contributed by atoms with Crippen molar-refractivity contribution in [3.8, 4) is 0 Å². The molecule has 1 N–H and O–H groups in total. The number of carbonyl (C=O) groups is 1. The predicted molar refractivity (Wildman–Crippen MR) is 26.1 cm³/mol. The smallest absolute Gasteiger partial charge is 0.426 e. The van der Waals surface area contributed by atoms with Crippen LogP contribution in [0.5, 0.6) is 0 Å². The normalized spacial score (nSPS) is 12.1. The van der Waals surface area contributed by atoms with Crippen molar-refractivity contribution >= 4 is 5.97 Å². The Bertz CT molecular complexity index is 138. The van der Waals surface area contributed by atoms with Gasteiger partial charge >= 0.3 is 12.0 Å². The number of rotatable bonds is 3. The average Bonchev–Trinajstić information content (AvgIpc) is 1.86. The van der Waals surface area contributed by atoms with Crippen molar-refractivity contribution in [2.75, 3.05) is 6.54 Å². The monoisotopic (exact) mass is 157 g/mol. The first-order valence-corrected chi connectivity index (χ1v) is 2.47. The van der Waals surface area contributed by atoms with Crippen LogP contribution < -0.4 is 0 Å². The first kappa shape index (κ1) is 9.22. The first-order valence-electron chi connectivity index (χ1n) is 2.47. The second-order valence-corrected chi connectivity index (χ2v) is 1.52. The van der Waals surface area contributed by atoms with Crippen molar-refractivity contribution in [1.29, 1.82) is 0 Å². The zero-order chi connectivity index (χ0) is 8.36. The summed E-state index contributed by atoms with van der Waals surface area (Å²) in [5.74, 6) is -2.49. The maximum Gasteiger partial charge on any atom is 0.426 e. The van der Waals surface area contributed by atoms with Gasteiger partial charge < -0.3 is 5.11 Å². The van der Waals surface area contributed by atoms with E-state index in [-0.39, 0.29) is 0 Å². The average molecular weight is 157 g/mol. The number of carboxylic acids is 1. The molecule has 0 aliphatic carbocycles. The van der Waals surface area contributed by atoms with Gasteiger partial charge in [-0.15, -0.1) is 4.48 Å². The van der Waals surface area contributed by atoms with E-state index in [1.807, 2.05) is 0 Å². The van der Waals surface area contributed by atoms with Gasteiger partial charge in [-0.2, -0.15) is 8.78 Å². The van der Waals surface area contributed by atoms with Crippen molar-refractivity contribution in [3.63, 3.8) is 0 Å². The van der Waals surface area contributed by atoms with Crippen LogP contribution in [-0.2, 0) is 4.79 Å². The molecule has 0 amide bonds. The van der Waals surface area contributed by atoms with E-state index >= 15 is 0 Å². The van der Waals surface area contributed by atoms with E-state index in [9.17, 15) is 18.1 Å². The predicted octanol–water partition coefficient (Wildman–Crippen LogP) is 0.870. The Morgan fingerprint density at radius 3 is 2.20 bits per heavy atom. The Morgan fingerprint density at radius 1 is 1.70 bits per heavy atom. The molecule has 0 aromatic rings. The quantitative estimate of drug-likeness (QED) is 0.488. The Kier molecular flexibility index (Phi) is 2.65. The zero-order valence-corrected chi connectivity index (χ0v) is 5.14. The summed E-state index contributed by atoms with van der Waals surface area (Å²) in [5.41, 5.74) is 0. The number of likely N-dealkylation sites (N-methyl/N-ethyl adjacent to an activating group) is 1. The number of alkyl halides is 2. The van der Waals surface area contributed by atoms with Crippen LogP contribution in [0.2, 0.25) is 0 Å². The molecule has 0 saturated carbocycles. The molecule has 0 aliphatic heterocycles. The van der Waals surface area contributed by atoms with Gasteiger partial charge in [0.2, 0.25) is 0 Å². The number of carboxylic acid groups (broad SMARTS) is 1. The minimum absolute atomic E-state index is 0.667. The molecule has 10 heavy (non-hydrogen) atoms.